The zero-order valence-electron chi connectivity index (χ0n) is 13.6. The summed E-state index contributed by atoms with van der Waals surface area (Å²) in [6.45, 7) is -0.110. The van der Waals surface area contributed by atoms with Crippen LogP contribution in [0.5, 0.6) is 0 Å². The fraction of sp³-hybridized carbons (Fsp3) is 0.556. The molecule has 0 heterocycles. The molecule has 24 heavy (non-hydrogen) atoms. The van der Waals surface area contributed by atoms with Gasteiger partial charge >= 0.3 is 12.0 Å². The topological polar surface area (TPSA) is 98.7 Å². The van der Waals surface area contributed by atoms with Crippen LogP contribution < -0.4 is 10.6 Å². The summed E-state index contributed by atoms with van der Waals surface area (Å²) in [4.78, 5) is 23.3. The summed E-state index contributed by atoms with van der Waals surface area (Å²) < 4.78 is 0. The number of carboxylic acids is 1. The van der Waals surface area contributed by atoms with Gasteiger partial charge in [-0.3, -0.25) is 4.79 Å². The van der Waals surface area contributed by atoms with Crippen LogP contribution in [-0.2, 0) is 17.6 Å². The van der Waals surface area contributed by atoms with Crippen molar-refractivity contribution in [1.82, 2.24) is 10.6 Å². The number of aliphatic carboxylic acids is 1. The van der Waals surface area contributed by atoms with E-state index in [1.165, 1.54) is 0 Å². The molecule has 1 aromatic carbocycles. The van der Waals surface area contributed by atoms with Crippen molar-refractivity contribution in [3.63, 3.8) is 0 Å². The molecule has 3 rings (SSSR count). The van der Waals surface area contributed by atoms with Crippen LogP contribution in [0.3, 0.4) is 0 Å². The van der Waals surface area contributed by atoms with Crippen molar-refractivity contribution in [2.45, 2.75) is 50.1 Å². The number of aliphatic hydroxyl groups is 1. The van der Waals surface area contributed by atoms with Crippen molar-refractivity contribution in [3.8, 4) is 0 Å². The van der Waals surface area contributed by atoms with E-state index in [2.05, 4.69) is 10.6 Å². The highest BCUT2D eigenvalue weighted by molar-refractivity contribution is 5.76. The summed E-state index contributed by atoms with van der Waals surface area (Å²) in [5.74, 6) is -1.04. The fourth-order valence-corrected chi connectivity index (χ4v) is 3.88. The molecule has 4 N–H and O–H groups in total. The molecule has 0 spiro atoms. The molecule has 6 heteroatoms. The Hall–Kier alpha value is -2.08. The van der Waals surface area contributed by atoms with E-state index >= 15 is 0 Å². The number of urea groups is 1. The molecule has 2 amide bonds. The molecule has 6 nitrogen and oxygen atoms in total. The average molecular weight is 332 g/mol. The van der Waals surface area contributed by atoms with Crippen molar-refractivity contribution in [2.24, 2.45) is 5.92 Å². The van der Waals surface area contributed by atoms with Gasteiger partial charge in [-0.15, -0.1) is 0 Å². The van der Waals surface area contributed by atoms with E-state index in [1.807, 2.05) is 24.3 Å². The van der Waals surface area contributed by atoms with Gasteiger partial charge in [0.05, 0.1) is 18.1 Å². The molecule has 1 aromatic rings. The smallest absolute Gasteiger partial charge is 0.315 e. The number of amides is 2. The van der Waals surface area contributed by atoms with Crippen molar-refractivity contribution in [2.75, 3.05) is 6.61 Å². The molecule has 0 saturated heterocycles. The fourth-order valence-electron chi connectivity index (χ4n) is 3.88. The van der Waals surface area contributed by atoms with Crippen LogP contribution in [0.4, 0.5) is 4.79 Å². The van der Waals surface area contributed by atoms with E-state index in [4.69, 9.17) is 5.11 Å². The molecule has 1 saturated carbocycles. The number of benzene rings is 1. The minimum Gasteiger partial charge on any atom is -0.481 e. The molecule has 0 atom stereocenters. The van der Waals surface area contributed by atoms with Crippen LogP contribution >= 0.6 is 0 Å². The molecule has 0 radical (unpaired) electrons. The van der Waals surface area contributed by atoms with Gasteiger partial charge in [-0.1, -0.05) is 24.3 Å². The van der Waals surface area contributed by atoms with Crippen molar-refractivity contribution in [1.29, 1.82) is 0 Å². The minimum absolute atomic E-state index is 0.000112. The summed E-state index contributed by atoms with van der Waals surface area (Å²) in [6, 6.07) is 7.70. The Labute approximate surface area is 141 Å². The van der Waals surface area contributed by atoms with Gasteiger partial charge in [0.1, 0.15) is 0 Å². The Kier molecular flexibility index (Phi) is 4.76. The summed E-state index contributed by atoms with van der Waals surface area (Å²) in [7, 11) is 0. The molecule has 1 fully saturated rings. The van der Waals surface area contributed by atoms with Gasteiger partial charge in [0.25, 0.3) is 0 Å². The number of carbonyl (C=O) groups excluding carboxylic acids is 1. The number of rotatable bonds is 4. The maximum Gasteiger partial charge on any atom is 0.315 e. The maximum absolute atomic E-state index is 12.3. The Morgan fingerprint density at radius 2 is 1.67 bits per heavy atom. The Balaban J connectivity index is 1.54. The van der Waals surface area contributed by atoms with Crippen LogP contribution in [0.15, 0.2) is 24.3 Å². The first-order valence-electron chi connectivity index (χ1n) is 8.50. The second-order valence-corrected chi connectivity index (χ2v) is 7.05. The van der Waals surface area contributed by atoms with Gasteiger partial charge < -0.3 is 20.8 Å². The lowest BCUT2D eigenvalue weighted by Gasteiger charge is -2.31. The first kappa shape index (κ1) is 16.8. The number of nitrogens with one attached hydrogen (secondary N) is 2. The van der Waals surface area contributed by atoms with E-state index in [-0.39, 0.29) is 24.6 Å². The molecule has 2 aliphatic rings. The summed E-state index contributed by atoms with van der Waals surface area (Å²) in [5, 5.41) is 24.7. The van der Waals surface area contributed by atoms with Crippen LogP contribution in [0.25, 0.3) is 0 Å². The predicted octanol–water partition coefficient (Wildman–Crippen LogP) is 1.46. The van der Waals surface area contributed by atoms with Crippen LogP contribution in [0.2, 0.25) is 0 Å². The quantitative estimate of drug-likeness (QED) is 0.671. The van der Waals surface area contributed by atoms with E-state index in [9.17, 15) is 14.7 Å². The summed E-state index contributed by atoms with van der Waals surface area (Å²) in [6.07, 6.45) is 3.79. The normalized spacial score (nSPS) is 24.9. The summed E-state index contributed by atoms with van der Waals surface area (Å²) in [5.41, 5.74) is 1.68. The Bertz CT molecular complexity index is 598. The largest absolute Gasteiger partial charge is 0.481 e. The van der Waals surface area contributed by atoms with E-state index in [0.717, 1.165) is 11.1 Å². The van der Waals surface area contributed by atoms with E-state index in [0.29, 0.717) is 38.5 Å². The highest BCUT2D eigenvalue weighted by Crippen LogP contribution is 2.30. The first-order chi connectivity index (χ1) is 11.5. The lowest BCUT2D eigenvalue weighted by atomic mass is 9.86. The number of hydrogen-bond donors (Lipinski definition) is 4. The second kappa shape index (κ2) is 6.81. The van der Waals surface area contributed by atoms with Gasteiger partial charge in [0.2, 0.25) is 0 Å². The Morgan fingerprint density at radius 1 is 1.08 bits per heavy atom. The lowest BCUT2D eigenvalue weighted by molar-refractivity contribution is -0.142. The predicted molar refractivity (Wildman–Crippen MR) is 88.7 cm³/mol. The molecule has 0 aliphatic heterocycles. The van der Waals surface area contributed by atoms with E-state index in [1.54, 1.807) is 0 Å². The zero-order chi connectivity index (χ0) is 17.2. The molecule has 0 unspecified atom stereocenters. The highest BCUT2D eigenvalue weighted by atomic mass is 16.4. The summed E-state index contributed by atoms with van der Waals surface area (Å²) >= 11 is 0. The van der Waals surface area contributed by atoms with Crippen molar-refractivity contribution in [3.05, 3.63) is 35.4 Å². The highest BCUT2D eigenvalue weighted by Gasteiger charge is 2.38. The minimum atomic E-state index is -0.749. The monoisotopic (exact) mass is 332 g/mol. The second-order valence-electron chi connectivity index (χ2n) is 7.05. The van der Waals surface area contributed by atoms with Gasteiger partial charge in [0, 0.05) is 6.04 Å². The van der Waals surface area contributed by atoms with Crippen LogP contribution in [0.1, 0.15) is 36.8 Å². The van der Waals surface area contributed by atoms with Crippen molar-refractivity contribution < 1.29 is 19.8 Å². The van der Waals surface area contributed by atoms with Gasteiger partial charge in [0.15, 0.2) is 0 Å². The third-order valence-electron chi connectivity index (χ3n) is 5.27. The molecular weight excluding hydrogens is 308 g/mol. The molecule has 130 valence electrons. The van der Waals surface area contributed by atoms with E-state index < -0.39 is 11.5 Å². The van der Waals surface area contributed by atoms with Gasteiger partial charge in [-0.2, -0.15) is 0 Å². The number of fused-ring (bicyclic) bond motifs is 1. The van der Waals surface area contributed by atoms with Crippen molar-refractivity contribution >= 4 is 12.0 Å². The Morgan fingerprint density at radius 3 is 2.17 bits per heavy atom. The lowest BCUT2D eigenvalue weighted by Crippen LogP contribution is -2.57. The molecule has 2 aliphatic carbocycles. The molecule has 0 aromatic heterocycles. The number of aliphatic hydroxyl groups excluding tert-OH is 1. The maximum atomic E-state index is 12.3. The number of carboxylic acid groups (broad SMARTS) is 1. The number of carbonyl (C=O) groups is 2. The van der Waals surface area contributed by atoms with Crippen LogP contribution in [-0.4, -0.2) is 40.4 Å². The average Bonchev–Trinajstić information content (AvgIpc) is 2.93. The SMILES string of the molecule is O=C(NC1CCC(C(=O)O)CC1)NC1(CO)Cc2ccccc2C1. The zero-order valence-corrected chi connectivity index (χ0v) is 13.6. The molecular formula is C18H24N2O4. The standard InChI is InChI=1S/C18H24N2O4/c21-11-18(9-13-3-1-2-4-14(13)10-18)20-17(24)19-15-7-5-12(6-8-15)16(22)23/h1-4,12,15,21H,5-11H2,(H,22,23)(H2,19,20,24). The van der Waals surface area contributed by atoms with Crippen LogP contribution in [0, 0.1) is 5.92 Å². The molecule has 0 bridgehead atoms. The van der Waals surface area contributed by atoms with Gasteiger partial charge in [-0.05, 0) is 49.7 Å². The van der Waals surface area contributed by atoms with Gasteiger partial charge in [-0.25, -0.2) is 4.79 Å². The third-order valence-corrected chi connectivity index (χ3v) is 5.27. The first-order valence-corrected chi connectivity index (χ1v) is 8.50. The number of hydrogen-bond acceptors (Lipinski definition) is 3. The third kappa shape index (κ3) is 3.53.